The molecule has 1 aromatic carbocycles. The van der Waals surface area contributed by atoms with Gasteiger partial charge >= 0.3 is 0 Å². The Morgan fingerprint density at radius 1 is 0.969 bits per heavy atom. The normalized spacial score (nSPS) is 27.1. The van der Waals surface area contributed by atoms with E-state index in [4.69, 9.17) is 0 Å². The number of hydrogen-bond donors (Lipinski definition) is 0. The number of aromatic nitrogens is 1. The molecule has 166 valence electrons. The molecule has 2 saturated heterocycles. The lowest BCUT2D eigenvalue weighted by atomic mass is 9.79. The summed E-state index contributed by atoms with van der Waals surface area (Å²) >= 11 is 0. The standard InChI is InChI=1S/C26H29N3O3/c1-25(2,3)22(30)21-18-17(23(31)29(24(18)32)26(4,5)6)16-12-11-15-10-9-14-8-7-13-27-19(14)20(15)28(16)21/h7-13,16-18,21H,1-6H3/t16-,17-,18+,21-/m0/s1. The summed E-state index contributed by atoms with van der Waals surface area (Å²) in [5.41, 5.74) is 1.28. The first-order chi connectivity index (χ1) is 14.9. The number of carbonyl (C=O) groups is 3. The fourth-order valence-corrected chi connectivity index (χ4v) is 5.58. The van der Waals surface area contributed by atoms with Gasteiger partial charge in [-0.15, -0.1) is 0 Å². The third kappa shape index (κ3) is 2.71. The number of nitrogens with zero attached hydrogens (tertiary/aromatic N) is 3. The largest absolute Gasteiger partial charge is 0.351 e. The molecule has 32 heavy (non-hydrogen) atoms. The molecule has 2 aromatic rings. The number of ketones is 1. The van der Waals surface area contributed by atoms with Crippen molar-refractivity contribution in [2.45, 2.75) is 59.2 Å². The predicted molar refractivity (Wildman–Crippen MR) is 124 cm³/mol. The number of amides is 2. The Labute approximate surface area is 188 Å². The lowest BCUT2D eigenvalue weighted by molar-refractivity contribution is -0.146. The molecule has 4 heterocycles. The first-order valence-electron chi connectivity index (χ1n) is 11.2. The SMILES string of the molecule is CC(C)(C)C(=O)[C@@H]1[C@@H]2C(=O)N(C(C)(C)C)C(=O)[C@H]2[C@@H]2C=Cc3ccc4cccnc4c3N12. The van der Waals surface area contributed by atoms with Gasteiger partial charge in [0, 0.05) is 22.5 Å². The predicted octanol–water partition coefficient (Wildman–Crippen LogP) is 3.83. The van der Waals surface area contributed by atoms with Gasteiger partial charge in [-0.05, 0) is 32.4 Å². The smallest absolute Gasteiger partial charge is 0.236 e. The third-order valence-corrected chi connectivity index (χ3v) is 6.92. The zero-order valence-corrected chi connectivity index (χ0v) is 19.4. The van der Waals surface area contributed by atoms with E-state index in [-0.39, 0.29) is 23.6 Å². The van der Waals surface area contributed by atoms with Gasteiger partial charge in [0.2, 0.25) is 11.8 Å². The fourth-order valence-electron chi connectivity index (χ4n) is 5.58. The van der Waals surface area contributed by atoms with Crippen LogP contribution >= 0.6 is 0 Å². The van der Waals surface area contributed by atoms with Crippen LogP contribution in [0.3, 0.4) is 0 Å². The van der Waals surface area contributed by atoms with E-state index >= 15 is 0 Å². The highest BCUT2D eigenvalue weighted by Crippen LogP contribution is 2.52. The van der Waals surface area contributed by atoms with Crippen LogP contribution < -0.4 is 4.90 Å². The monoisotopic (exact) mass is 431 g/mol. The minimum absolute atomic E-state index is 0.0268. The van der Waals surface area contributed by atoms with Crippen molar-refractivity contribution >= 4 is 40.3 Å². The lowest BCUT2D eigenvalue weighted by Gasteiger charge is -2.40. The van der Waals surface area contributed by atoms with Crippen molar-refractivity contribution < 1.29 is 14.4 Å². The second kappa shape index (κ2) is 6.50. The highest BCUT2D eigenvalue weighted by atomic mass is 16.2. The zero-order valence-electron chi connectivity index (χ0n) is 19.4. The molecule has 0 unspecified atom stereocenters. The number of imide groups is 1. The summed E-state index contributed by atoms with van der Waals surface area (Å²) in [7, 11) is 0. The Morgan fingerprint density at radius 3 is 2.31 bits per heavy atom. The molecule has 0 radical (unpaired) electrons. The van der Waals surface area contributed by atoms with Gasteiger partial charge in [0.15, 0.2) is 5.78 Å². The summed E-state index contributed by atoms with van der Waals surface area (Å²) < 4.78 is 0. The number of rotatable bonds is 1. The van der Waals surface area contributed by atoms with Crippen LogP contribution in [-0.2, 0) is 14.4 Å². The van der Waals surface area contributed by atoms with Crippen molar-refractivity contribution in [2.75, 3.05) is 4.90 Å². The highest BCUT2D eigenvalue weighted by Gasteiger charge is 2.66. The number of anilines is 1. The van der Waals surface area contributed by atoms with Crippen molar-refractivity contribution in [2.24, 2.45) is 17.3 Å². The molecule has 0 aliphatic carbocycles. The average molecular weight is 432 g/mol. The van der Waals surface area contributed by atoms with Crippen LogP contribution in [-0.4, -0.2) is 45.1 Å². The maximum Gasteiger partial charge on any atom is 0.236 e. The maximum atomic E-state index is 13.9. The summed E-state index contributed by atoms with van der Waals surface area (Å²) in [6.07, 6.45) is 5.73. The van der Waals surface area contributed by atoms with Gasteiger partial charge in [0.1, 0.15) is 6.04 Å². The van der Waals surface area contributed by atoms with E-state index in [0.29, 0.717) is 0 Å². The van der Waals surface area contributed by atoms with Crippen molar-refractivity contribution in [1.29, 1.82) is 0 Å². The molecule has 0 saturated carbocycles. The number of benzene rings is 1. The number of fused-ring (bicyclic) bond motifs is 7. The molecule has 0 spiro atoms. The molecular formula is C26H29N3O3. The Kier molecular flexibility index (Phi) is 4.24. The first kappa shape index (κ1) is 20.9. The molecule has 3 aliphatic heterocycles. The van der Waals surface area contributed by atoms with Crippen LogP contribution in [0.2, 0.25) is 0 Å². The molecule has 6 heteroatoms. The molecule has 2 fully saturated rings. The van der Waals surface area contributed by atoms with E-state index in [1.165, 1.54) is 4.90 Å². The molecule has 2 amide bonds. The second-order valence-electron chi connectivity index (χ2n) is 11.1. The summed E-state index contributed by atoms with van der Waals surface area (Å²) in [6.45, 7) is 11.2. The Bertz CT molecular complexity index is 1200. The van der Waals surface area contributed by atoms with Crippen molar-refractivity contribution in [3.63, 3.8) is 0 Å². The van der Waals surface area contributed by atoms with E-state index in [0.717, 1.165) is 22.2 Å². The molecule has 5 rings (SSSR count). The van der Waals surface area contributed by atoms with Crippen LogP contribution in [0.1, 0.15) is 47.1 Å². The topological polar surface area (TPSA) is 70.6 Å². The van der Waals surface area contributed by atoms with Gasteiger partial charge in [-0.2, -0.15) is 0 Å². The van der Waals surface area contributed by atoms with Gasteiger partial charge in [0.05, 0.1) is 29.1 Å². The van der Waals surface area contributed by atoms with Gasteiger partial charge in [-0.1, -0.05) is 51.1 Å². The Hall–Kier alpha value is -3.02. The van der Waals surface area contributed by atoms with Gasteiger partial charge in [-0.3, -0.25) is 24.3 Å². The second-order valence-corrected chi connectivity index (χ2v) is 11.1. The summed E-state index contributed by atoms with van der Waals surface area (Å²) in [4.78, 5) is 49.2. The summed E-state index contributed by atoms with van der Waals surface area (Å²) in [5.74, 6) is -1.74. The molecule has 6 nitrogen and oxygen atoms in total. The Morgan fingerprint density at radius 2 is 1.66 bits per heavy atom. The van der Waals surface area contributed by atoms with Crippen LogP contribution in [0.4, 0.5) is 5.69 Å². The lowest BCUT2D eigenvalue weighted by Crippen LogP contribution is -2.54. The van der Waals surface area contributed by atoms with Crippen LogP contribution in [0, 0.1) is 17.3 Å². The highest BCUT2D eigenvalue weighted by molar-refractivity contribution is 6.13. The molecular weight excluding hydrogens is 402 g/mol. The van der Waals surface area contributed by atoms with E-state index in [1.54, 1.807) is 6.20 Å². The van der Waals surface area contributed by atoms with Crippen LogP contribution in [0.15, 0.2) is 36.5 Å². The molecule has 4 atom stereocenters. The third-order valence-electron chi connectivity index (χ3n) is 6.92. The molecule has 1 aromatic heterocycles. The van der Waals surface area contributed by atoms with E-state index in [9.17, 15) is 14.4 Å². The average Bonchev–Trinajstić information content (AvgIpc) is 3.18. The quantitative estimate of drug-likeness (QED) is 0.642. The first-order valence-corrected chi connectivity index (χ1v) is 11.2. The van der Waals surface area contributed by atoms with Crippen molar-refractivity contribution in [3.8, 4) is 0 Å². The number of hydrogen-bond acceptors (Lipinski definition) is 5. The Balaban J connectivity index is 1.76. The summed E-state index contributed by atoms with van der Waals surface area (Å²) in [5, 5.41) is 0.966. The zero-order chi connectivity index (χ0) is 23.2. The minimum Gasteiger partial charge on any atom is -0.351 e. The van der Waals surface area contributed by atoms with E-state index < -0.39 is 28.8 Å². The van der Waals surface area contributed by atoms with E-state index in [2.05, 4.69) is 4.98 Å². The molecule has 0 bridgehead atoms. The minimum atomic E-state index is -0.717. The number of likely N-dealkylation sites (tertiary alicyclic amines) is 1. The van der Waals surface area contributed by atoms with Gasteiger partial charge in [-0.25, -0.2) is 0 Å². The van der Waals surface area contributed by atoms with Crippen molar-refractivity contribution in [1.82, 2.24) is 9.88 Å². The van der Waals surface area contributed by atoms with E-state index in [1.807, 2.05) is 82.9 Å². The van der Waals surface area contributed by atoms with Gasteiger partial charge < -0.3 is 4.90 Å². The number of pyridine rings is 1. The molecule has 0 N–H and O–H groups in total. The van der Waals surface area contributed by atoms with Crippen LogP contribution in [0.25, 0.3) is 17.0 Å². The molecule has 3 aliphatic rings. The number of carbonyl (C=O) groups excluding carboxylic acids is 3. The number of Topliss-reactive ketones (excluding diaryl/α,β-unsaturated/α-hetero) is 1. The van der Waals surface area contributed by atoms with Crippen LogP contribution in [0.5, 0.6) is 0 Å². The maximum absolute atomic E-state index is 13.9. The fraction of sp³-hybridized carbons (Fsp3) is 0.462. The summed E-state index contributed by atoms with van der Waals surface area (Å²) in [6, 6.07) is 6.83. The van der Waals surface area contributed by atoms with Crippen molar-refractivity contribution in [3.05, 3.63) is 42.1 Å². The van der Waals surface area contributed by atoms with Gasteiger partial charge in [0.25, 0.3) is 0 Å².